The van der Waals surface area contributed by atoms with Gasteiger partial charge in [-0.25, -0.2) is 27.9 Å². The van der Waals surface area contributed by atoms with Crippen LogP contribution >= 0.6 is 11.6 Å². The Bertz CT molecular complexity index is 1090. The van der Waals surface area contributed by atoms with Crippen molar-refractivity contribution < 1.29 is 27.4 Å². The van der Waals surface area contributed by atoms with E-state index in [0.717, 1.165) is 5.69 Å². The van der Waals surface area contributed by atoms with Crippen LogP contribution in [0, 0.1) is 6.92 Å². The molecule has 3 heterocycles. The van der Waals surface area contributed by atoms with Gasteiger partial charge >= 0.3 is 5.97 Å². The molecule has 0 aliphatic rings. The summed E-state index contributed by atoms with van der Waals surface area (Å²) in [6.07, 6.45) is 0. The lowest BCUT2D eigenvalue weighted by Gasteiger charge is -2.13. The molecule has 9 nitrogen and oxygen atoms in total. The Balaban J connectivity index is 1.98. The van der Waals surface area contributed by atoms with Crippen LogP contribution in [0.3, 0.4) is 0 Å². The number of hydrogen-bond donors (Lipinski definition) is 1. The molecule has 1 N–H and O–H groups in total. The molecule has 3 rings (SSSR count). The largest absolute Gasteiger partial charge is 0.464 e. The van der Waals surface area contributed by atoms with Crippen molar-refractivity contribution in [2.45, 2.75) is 19.4 Å². The van der Waals surface area contributed by atoms with Gasteiger partial charge in [-0.2, -0.15) is 10.1 Å². The van der Waals surface area contributed by atoms with Gasteiger partial charge in [0.05, 0.1) is 20.3 Å². The van der Waals surface area contributed by atoms with E-state index in [1.54, 1.807) is 25.1 Å². The third kappa shape index (κ3) is 5.39. The van der Waals surface area contributed by atoms with E-state index in [2.05, 4.69) is 25.4 Å². The van der Waals surface area contributed by atoms with E-state index in [1.165, 1.54) is 11.8 Å². The van der Waals surface area contributed by atoms with E-state index in [0.29, 0.717) is 5.82 Å². The van der Waals surface area contributed by atoms with Gasteiger partial charge in [-0.05, 0) is 30.7 Å². The first-order chi connectivity index (χ1) is 14.7. The number of hydrogen-bond acceptors (Lipinski definition) is 8. The number of carbonyl (C=O) groups is 1. The summed E-state index contributed by atoms with van der Waals surface area (Å²) in [6, 6.07) is 5.28. The molecule has 0 aliphatic heterocycles. The average molecular weight is 459 g/mol. The van der Waals surface area contributed by atoms with Crippen LogP contribution in [0.15, 0.2) is 18.2 Å². The second-order valence-corrected chi connectivity index (χ2v) is 6.77. The van der Waals surface area contributed by atoms with Gasteiger partial charge in [0.25, 0.3) is 5.92 Å². The van der Waals surface area contributed by atoms with Crippen molar-refractivity contribution in [3.05, 3.63) is 34.9 Å². The Labute approximate surface area is 179 Å². The lowest BCUT2D eigenvalue weighted by Crippen LogP contribution is -2.27. The Morgan fingerprint density at radius 1 is 1.29 bits per heavy atom. The molecule has 0 radical (unpaired) electrons. The van der Waals surface area contributed by atoms with Crippen LogP contribution in [0.2, 0.25) is 5.28 Å². The topological polar surface area (TPSA) is 104 Å². The lowest BCUT2D eigenvalue weighted by atomic mass is 10.3. The van der Waals surface area contributed by atoms with E-state index < -0.39 is 25.2 Å². The Hall–Kier alpha value is -2.99. The zero-order valence-electron chi connectivity index (χ0n) is 16.5. The van der Waals surface area contributed by atoms with Crippen molar-refractivity contribution in [2.24, 2.45) is 0 Å². The van der Waals surface area contributed by atoms with Crippen LogP contribution in [-0.2, 0) is 16.0 Å². The Morgan fingerprint density at radius 3 is 2.74 bits per heavy atom. The summed E-state index contributed by atoms with van der Waals surface area (Å²) < 4.78 is 49.2. The number of fused-ring (bicyclic) bond motifs is 1. The van der Waals surface area contributed by atoms with Crippen molar-refractivity contribution >= 4 is 40.2 Å². The monoisotopic (exact) mass is 458 g/mol. The minimum absolute atomic E-state index is 0.0588. The number of methoxy groups -OCH3 is 1. The van der Waals surface area contributed by atoms with Gasteiger partial charge < -0.3 is 14.8 Å². The second kappa shape index (κ2) is 9.43. The van der Waals surface area contributed by atoms with Crippen molar-refractivity contribution in [1.82, 2.24) is 24.7 Å². The number of aromatic nitrogens is 5. The van der Waals surface area contributed by atoms with Crippen molar-refractivity contribution in [3.63, 3.8) is 0 Å². The van der Waals surface area contributed by atoms with Crippen molar-refractivity contribution in [3.8, 4) is 0 Å². The Morgan fingerprint density at radius 2 is 2.06 bits per heavy atom. The van der Waals surface area contributed by atoms with Crippen molar-refractivity contribution in [2.75, 3.05) is 32.3 Å². The molecule has 0 saturated heterocycles. The van der Waals surface area contributed by atoms with Crippen LogP contribution in [-0.4, -0.2) is 63.6 Å². The van der Waals surface area contributed by atoms with Gasteiger partial charge in [0.15, 0.2) is 18.2 Å². The maximum absolute atomic E-state index is 13.0. The molecule has 3 aromatic rings. The number of pyridine rings is 1. The Kier molecular flexibility index (Phi) is 6.91. The summed E-state index contributed by atoms with van der Waals surface area (Å²) in [5.41, 5.74) is 0.952. The fraction of sp³-hybridized carbons (Fsp3) is 0.389. The third-order valence-corrected chi connectivity index (χ3v) is 4.20. The lowest BCUT2D eigenvalue weighted by molar-refractivity contribution is -0.0911. The standard InChI is InChI=1S/C18H18ClF3N6O3/c1-10-4-3-5-11(23-10)24-15-14-12(25-17(19)26-15)13(16(29)30-2)27-28(14)6-7-31-9-18(21,22)8-20/h3-5H,6-9H2,1-2H3,(H,23,24,25,26). The molecule has 0 bridgehead atoms. The highest BCUT2D eigenvalue weighted by Crippen LogP contribution is 2.28. The highest BCUT2D eigenvalue weighted by molar-refractivity contribution is 6.29. The summed E-state index contributed by atoms with van der Waals surface area (Å²) in [7, 11) is 1.17. The van der Waals surface area contributed by atoms with Gasteiger partial charge in [-0.3, -0.25) is 4.68 Å². The number of carbonyl (C=O) groups excluding carboxylic acids is 1. The molecule has 0 fully saturated rings. The summed E-state index contributed by atoms with van der Waals surface area (Å²) in [6.45, 7) is -1.41. The first kappa shape index (κ1) is 22.7. The smallest absolute Gasteiger partial charge is 0.360 e. The van der Waals surface area contributed by atoms with E-state index in [-0.39, 0.29) is 41.0 Å². The number of nitrogens with zero attached hydrogens (tertiary/aromatic N) is 5. The molecule has 0 spiro atoms. The first-order valence-electron chi connectivity index (χ1n) is 8.98. The normalized spacial score (nSPS) is 11.7. The van der Waals surface area contributed by atoms with E-state index in [4.69, 9.17) is 21.1 Å². The van der Waals surface area contributed by atoms with Crippen LogP contribution in [0.4, 0.5) is 24.8 Å². The molecule has 0 aliphatic carbocycles. The molecular weight excluding hydrogens is 441 g/mol. The van der Waals surface area contributed by atoms with Gasteiger partial charge in [-0.1, -0.05) is 6.07 Å². The molecule has 3 aromatic heterocycles. The molecule has 0 aromatic carbocycles. The number of alkyl halides is 3. The molecule has 166 valence electrons. The number of halogens is 4. The number of esters is 1. The number of anilines is 2. The predicted molar refractivity (Wildman–Crippen MR) is 106 cm³/mol. The van der Waals surface area contributed by atoms with Crippen LogP contribution in [0.1, 0.15) is 16.2 Å². The maximum atomic E-state index is 13.0. The minimum atomic E-state index is -3.58. The number of rotatable bonds is 9. The first-order valence-corrected chi connectivity index (χ1v) is 9.36. The zero-order chi connectivity index (χ0) is 22.6. The van der Waals surface area contributed by atoms with Crippen molar-refractivity contribution in [1.29, 1.82) is 0 Å². The molecular formula is C18H18ClF3N6O3. The summed E-state index contributed by atoms with van der Waals surface area (Å²) >= 11 is 6.03. The second-order valence-electron chi connectivity index (χ2n) is 6.43. The highest BCUT2D eigenvalue weighted by Gasteiger charge is 2.29. The molecule has 0 unspecified atom stereocenters. The third-order valence-electron chi connectivity index (χ3n) is 4.03. The minimum Gasteiger partial charge on any atom is -0.464 e. The van der Waals surface area contributed by atoms with Gasteiger partial charge in [0.1, 0.15) is 23.5 Å². The SMILES string of the molecule is COC(=O)c1nn(CCOCC(F)(F)CF)c2c(Nc3cccc(C)n3)nc(Cl)nc12. The number of aryl methyl sites for hydroxylation is 1. The number of nitrogens with one attached hydrogen (secondary N) is 1. The summed E-state index contributed by atoms with van der Waals surface area (Å²) in [4.78, 5) is 24.7. The van der Waals surface area contributed by atoms with E-state index >= 15 is 0 Å². The fourth-order valence-electron chi connectivity index (χ4n) is 2.68. The van der Waals surface area contributed by atoms with E-state index in [9.17, 15) is 18.0 Å². The summed E-state index contributed by atoms with van der Waals surface area (Å²) in [5.74, 6) is -3.72. The highest BCUT2D eigenvalue weighted by atomic mass is 35.5. The van der Waals surface area contributed by atoms with Crippen LogP contribution in [0.5, 0.6) is 0 Å². The van der Waals surface area contributed by atoms with Gasteiger partial charge in [-0.15, -0.1) is 0 Å². The van der Waals surface area contributed by atoms with Crippen LogP contribution in [0.25, 0.3) is 11.0 Å². The zero-order valence-corrected chi connectivity index (χ0v) is 17.3. The van der Waals surface area contributed by atoms with Gasteiger partial charge in [0.2, 0.25) is 5.28 Å². The molecule has 13 heteroatoms. The molecule has 0 atom stereocenters. The van der Waals surface area contributed by atoms with Crippen LogP contribution < -0.4 is 5.32 Å². The average Bonchev–Trinajstić information content (AvgIpc) is 3.09. The quantitative estimate of drug-likeness (QED) is 0.296. The molecule has 31 heavy (non-hydrogen) atoms. The fourth-order valence-corrected chi connectivity index (χ4v) is 2.85. The van der Waals surface area contributed by atoms with Gasteiger partial charge in [0, 0.05) is 5.69 Å². The maximum Gasteiger partial charge on any atom is 0.360 e. The molecule has 0 amide bonds. The molecule has 0 saturated carbocycles. The summed E-state index contributed by atoms with van der Waals surface area (Å²) in [5, 5.41) is 6.99. The van der Waals surface area contributed by atoms with E-state index in [1.807, 2.05) is 0 Å². The number of ether oxygens (including phenoxy) is 2. The predicted octanol–water partition coefficient (Wildman–Crippen LogP) is 3.33.